The van der Waals surface area contributed by atoms with Crippen LogP contribution in [0.3, 0.4) is 0 Å². The van der Waals surface area contributed by atoms with E-state index in [4.69, 9.17) is 4.98 Å². The van der Waals surface area contributed by atoms with Gasteiger partial charge in [0.25, 0.3) is 0 Å². The molecular weight excluding hydrogens is 439 g/mol. The Morgan fingerprint density at radius 2 is 1.80 bits per heavy atom. The molecule has 0 saturated heterocycles. The SMILES string of the molecule is CCNCc1cncc(-c2ccc3[nH]nc(-c4cc5c(-c6ccccc6F)cccc5[nH]4)c3n2)c1. The van der Waals surface area contributed by atoms with Crippen LogP contribution in [0.2, 0.25) is 0 Å². The minimum atomic E-state index is -0.246. The lowest BCUT2D eigenvalue weighted by Crippen LogP contribution is -2.11. The molecular formula is C28H23FN6. The second kappa shape index (κ2) is 8.77. The first kappa shape index (κ1) is 21.2. The van der Waals surface area contributed by atoms with Crippen LogP contribution in [0.25, 0.3) is 55.7 Å². The quantitative estimate of drug-likeness (QED) is 0.280. The molecule has 35 heavy (non-hydrogen) atoms. The van der Waals surface area contributed by atoms with Crippen LogP contribution in [-0.4, -0.2) is 31.7 Å². The number of nitrogens with zero attached hydrogens (tertiary/aromatic N) is 3. The van der Waals surface area contributed by atoms with E-state index < -0.39 is 0 Å². The molecule has 6 rings (SSSR count). The Bertz CT molecular complexity index is 1670. The summed E-state index contributed by atoms with van der Waals surface area (Å²) in [6, 6.07) is 20.8. The standard InChI is InChI=1S/C28H23FN6/c1-2-30-14-17-12-18(16-31-15-17)23-10-11-25-27(33-23)28(35-34-25)26-13-21-19(7-5-9-24(21)32-26)20-6-3-4-8-22(20)29/h3-13,15-16,30,32H,2,14H2,1H3,(H,34,35). The highest BCUT2D eigenvalue weighted by atomic mass is 19.1. The Morgan fingerprint density at radius 3 is 2.69 bits per heavy atom. The van der Waals surface area contributed by atoms with Gasteiger partial charge in [-0.15, -0.1) is 0 Å². The number of hydrogen-bond donors (Lipinski definition) is 3. The summed E-state index contributed by atoms with van der Waals surface area (Å²) >= 11 is 0. The molecule has 0 aliphatic heterocycles. The fourth-order valence-electron chi connectivity index (χ4n) is 4.44. The topological polar surface area (TPSA) is 82.3 Å². The molecule has 6 nitrogen and oxygen atoms in total. The van der Waals surface area contributed by atoms with E-state index >= 15 is 0 Å². The third-order valence-corrected chi connectivity index (χ3v) is 6.16. The maximum atomic E-state index is 14.5. The van der Waals surface area contributed by atoms with Crippen molar-refractivity contribution in [2.24, 2.45) is 0 Å². The smallest absolute Gasteiger partial charge is 0.135 e. The maximum Gasteiger partial charge on any atom is 0.135 e. The molecule has 0 radical (unpaired) electrons. The summed E-state index contributed by atoms with van der Waals surface area (Å²) in [5.41, 5.74) is 8.34. The van der Waals surface area contributed by atoms with Crippen LogP contribution in [0.4, 0.5) is 4.39 Å². The molecule has 172 valence electrons. The van der Waals surface area contributed by atoms with Gasteiger partial charge in [0, 0.05) is 41.0 Å². The molecule has 0 amide bonds. The number of pyridine rings is 2. The van der Waals surface area contributed by atoms with E-state index in [1.807, 2.05) is 54.9 Å². The third kappa shape index (κ3) is 3.86. The van der Waals surface area contributed by atoms with Crippen molar-refractivity contribution in [2.75, 3.05) is 6.54 Å². The van der Waals surface area contributed by atoms with E-state index in [9.17, 15) is 4.39 Å². The molecule has 2 aromatic carbocycles. The highest BCUT2D eigenvalue weighted by Crippen LogP contribution is 2.35. The van der Waals surface area contributed by atoms with E-state index in [2.05, 4.69) is 38.5 Å². The second-order valence-corrected chi connectivity index (χ2v) is 8.46. The highest BCUT2D eigenvalue weighted by molar-refractivity contribution is 6.00. The minimum Gasteiger partial charge on any atom is -0.353 e. The molecule has 0 aliphatic carbocycles. The van der Waals surface area contributed by atoms with Gasteiger partial charge in [-0.25, -0.2) is 9.37 Å². The molecule has 7 heteroatoms. The van der Waals surface area contributed by atoms with Crippen LogP contribution in [0.5, 0.6) is 0 Å². The van der Waals surface area contributed by atoms with Gasteiger partial charge in [-0.3, -0.25) is 10.1 Å². The largest absolute Gasteiger partial charge is 0.353 e. The molecule has 4 heterocycles. The lowest BCUT2D eigenvalue weighted by molar-refractivity contribution is 0.631. The number of benzene rings is 2. The average molecular weight is 463 g/mol. The predicted molar refractivity (Wildman–Crippen MR) is 137 cm³/mol. The molecule has 0 saturated carbocycles. The zero-order valence-electron chi connectivity index (χ0n) is 19.1. The van der Waals surface area contributed by atoms with Crippen molar-refractivity contribution in [3.05, 3.63) is 90.5 Å². The Hall–Kier alpha value is -4.36. The van der Waals surface area contributed by atoms with Gasteiger partial charge in [0.05, 0.1) is 16.9 Å². The van der Waals surface area contributed by atoms with E-state index in [0.717, 1.165) is 63.1 Å². The van der Waals surface area contributed by atoms with Crippen molar-refractivity contribution in [2.45, 2.75) is 13.5 Å². The number of hydrogen-bond acceptors (Lipinski definition) is 4. The van der Waals surface area contributed by atoms with Gasteiger partial charge in [0.1, 0.15) is 17.0 Å². The molecule has 0 bridgehead atoms. The Morgan fingerprint density at radius 1 is 0.914 bits per heavy atom. The van der Waals surface area contributed by atoms with Crippen LogP contribution >= 0.6 is 0 Å². The van der Waals surface area contributed by atoms with Crippen LogP contribution in [0.1, 0.15) is 12.5 Å². The van der Waals surface area contributed by atoms with Gasteiger partial charge in [-0.05, 0) is 54.1 Å². The average Bonchev–Trinajstić information content (AvgIpc) is 3.51. The zero-order valence-corrected chi connectivity index (χ0v) is 19.1. The number of nitrogens with one attached hydrogen (secondary N) is 3. The molecule has 0 unspecified atom stereocenters. The van der Waals surface area contributed by atoms with Crippen molar-refractivity contribution in [3.8, 4) is 33.8 Å². The second-order valence-electron chi connectivity index (χ2n) is 8.46. The van der Waals surface area contributed by atoms with Crippen LogP contribution < -0.4 is 5.32 Å². The number of halogens is 1. The first-order valence-corrected chi connectivity index (χ1v) is 11.6. The van der Waals surface area contributed by atoms with Crippen molar-refractivity contribution in [1.82, 2.24) is 30.5 Å². The fraction of sp³-hybridized carbons (Fsp3) is 0.107. The van der Waals surface area contributed by atoms with Crippen molar-refractivity contribution in [3.63, 3.8) is 0 Å². The van der Waals surface area contributed by atoms with Crippen LogP contribution in [-0.2, 0) is 6.54 Å². The van der Waals surface area contributed by atoms with E-state index in [0.29, 0.717) is 11.3 Å². The monoisotopic (exact) mass is 462 g/mol. The minimum absolute atomic E-state index is 0.246. The molecule has 0 atom stereocenters. The predicted octanol–water partition coefficient (Wildman–Crippen LogP) is 6.08. The summed E-state index contributed by atoms with van der Waals surface area (Å²) in [5, 5.41) is 11.9. The summed E-state index contributed by atoms with van der Waals surface area (Å²) in [4.78, 5) is 12.8. The van der Waals surface area contributed by atoms with Gasteiger partial charge in [0.2, 0.25) is 0 Å². The summed E-state index contributed by atoms with van der Waals surface area (Å²) in [6.07, 6.45) is 3.69. The van der Waals surface area contributed by atoms with Crippen LogP contribution in [0, 0.1) is 5.82 Å². The van der Waals surface area contributed by atoms with Crippen molar-refractivity contribution >= 4 is 21.9 Å². The van der Waals surface area contributed by atoms with E-state index in [1.165, 1.54) is 6.07 Å². The molecule has 0 spiro atoms. The number of aromatic nitrogens is 5. The molecule has 6 aromatic rings. The molecule has 0 fully saturated rings. The van der Waals surface area contributed by atoms with Crippen molar-refractivity contribution in [1.29, 1.82) is 0 Å². The van der Waals surface area contributed by atoms with Gasteiger partial charge >= 0.3 is 0 Å². The Balaban J connectivity index is 1.45. The summed E-state index contributed by atoms with van der Waals surface area (Å²) in [6.45, 7) is 3.74. The first-order chi connectivity index (χ1) is 17.2. The summed E-state index contributed by atoms with van der Waals surface area (Å²) in [5.74, 6) is -0.246. The molecule has 4 aromatic heterocycles. The van der Waals surface area contributed by atoms with E-state index in [-0.39, 0.29) is 5.82 Å². The molecule has 0 aliphatic rings. The third-order valence-electron chi connectivity index (χ3n) is 6.16. The normalized spacial score (nSPS) is 11.5. The number of fused-ring (bicyclic) bond motifs is 2. The summed E-state index contributed by atoms with van der Waals surface area (Å²) < 4.78 is 14.5. The van der Waals surface area contributed by atoms with Gasteiger partial charge in [-0.2, -0.15) is 5.10 Å². The zero-order chi connectivity index (χ0) is 23.8. The number of H-pyrrole nitrogens is 2. The van der Waals surface area contributed by atoms with E-state index in [1.54, 1.807) is 12.1 Å². The lowest BCUT2D eigenvalue weighted by atomic mass is 10.0. The Kier molecular flexibility index (Phi) is 5.31. The Labute approximate surface area is 201 Å². The van der Waals surface area contributed by atoms with Gasteiger partial charge < -0.3 is 10.3 Å². The molecule has 3 N–H and O–H groups in total. The first-order valence-electron chi connectivity index (χ1n) is 11.6. The van der Waals surface area contributed by atoms with Gasteiger partial charge in [-0.1, -0.05) is 37.3 Å². The summed E-state index contributed by atoms with van der Waals surface area (Å²) in [7, 11) is 0. The van der Waals surface area contributed by atoms with Crippen molar-refractivity contribution < 1.29 is 4.39 Å². The van der Waals surface area contributed by atoms with Gasteiger partial charge in [0.15, 0.2) is 0 Å². The van der Waals surface area contributed by atoms with Crippen LogP contribution in [0.15, 0.2) is 79.1 Å². The fourth-order valence-corrected chi connectivity index (χ4v) is 4.44. The lowest BCUT2D eigenvalue weighted by Gasteiger charge is -2.05. The number of rotatable bonds is 6. The number of aromatic amines is 2. The maximum absolute atomic E-state index is 14.5. The highest BCUT2D eigenvalue weighted by Gasteiger charge is 2.16.